The second-order valence-electron chi connectivity index (χ2n) is 1.67. The summed E-state index contributed by atoms with van der Waals surface area (Å²) in [6.45, 7) is 4.28. The van der Waals surface area contributed by atoms with Gasteiger partial charge >= 0.3 is 0 Å². The Balaban J connectivity index is 3.15. The van der Waals surface area contributed by atoms with Crippen molar-refractivity contribution in [3.8, 4) is 0 Å². The molecule has 4 nitrogen and oxygen atoms in total. The predicted molar refractivity (Wildman–Crippen MR) is 47.0 cm³/mol. The number of hydrogen-bond donors (Lipinski definition) is 3. The summed E-state index contributed by atoms with van der Waals surface area (Å²) >= 11 is 4.76. The fraction of sp³-hybridized carbons (Fsp3) is 0.500. The number of hydrogen-bond acceptors (Lipinski definition) is 3. The topological polar surface area (TPSA) is 53.5 Å². The Labute approximate surface area is 71.2 Å². The first-order valence-corrected chi connectivity index (χ1v) is 3.59. The van der Waals surface area contributed by atoms with Gasteiger partial charge in [-0.25, -0.2) is 5.48 Å². The fourth-order valence-corrected chi connectivity index (χ4v) is 0.505. The molecule has 0 atom stereocenters. The van der Waals surface area contributed by atoms with Crippen molar-refractivity contribution >= 4 is 17.3 Å². The van der Waals surface area contributed by atoms with Crippen molar-refractivity contribution in [2.75, 3.05) is 19.8 Å². The molecule has 0 unspecified atom stereocenters. The summed E-state index contributed by atoms with van der Waals surface area (Å²) in [5.74, 6) is 0. The van der Waals surface area contributed by atoms with Gasteiger partial charge in [0.2, 0.25) is 0 Å². The highest BCUT2D eigenvalue weighted by Crippen LogP contribution is 1.69. The molecule has 64 valence electrons. The molecule has 0 saturated heterocycles. The van der Waals surface area contributed by atoms with E-state index in [1.54, 1.807) is 6.08 Å². The summed E-state index contributed by atoms with van der Waals surface area (Å²) in [5, 5.41) is 11.5. The van der Waals surface area contributed by atoms with Gasteiger partial charge in [-0.2, -0.15) is 0 Å². The van der Waals surface area contributed by atoms with Gasteiger partial charge in [0.15, 0.2) is 5.11 Å². The molecule has 5 heteroatoms. The van der Waals surface area contributed by atoms with E-state index in [0.29, 0.717) is 11.7 Å². The molecule has 0 aromatic heterocycles. The average molecular weight is 176 g/mol. The number of thiocarbonyl (C=S) groups is 1. The maximum Gasteiger partial charge on any atom is 0.190 e. The van der Waals surface area contributed by atoms with Crippen LogP contribution in [0.4, 0.5) is 0 Å². The van der Waals surface area contributed by atoms with Crippen molar-refractivity contribution in [3.63, 3.8) is 0 Å². The molecule has 0 aliphatic heterocycles. The van der Waals surface area contributed by atoms with Gasteiger partial charge in [-0.3, -0.25) is 4.84 Å². The molecule has 0 rings (SSSR count). The van der Waals surface area contributed by atoms with Crippen LogP contribution in [0.5, 0.6) is 0 Å². The van der Waals surface area contributed by atoms with Crippen LogP contribution in [0.1, 0.15) is 0 Å². The lowest BCUT2D eigenvalue weighted by Gasteiger charge is -2.07. The molecule has 0 saturated carbocycles. The normalized spacial score (nSPS) is 8.82. The van der Waals surface area contributed by atoms with Crippen molar-refractivity contribution in [2.24, 2.45) is 0 Å². The minimum Gasteiger partial charge on any atom is -0.394 e. The van der Waals surface area contributed by atoms with E-state index in [2.05, 4.69) is 17.4 Å². The van der Waals surface area contributed by atoms with E-state index in [-0.39, 0.29) is 13.2 Å². The number of aliphatic hydroxyl groups is 1. The summed E-state index contributed by atoms with van der Waals surface area (Å²) in [7, 11) is 0. The van der Waals surface area contributed by atoms with Crippen LogP contribution in [0.25, 0.3) is 0 Å². The SMILES string of the molecule is C=CCNC(=S)NOCCO. The maximum atomic E-state index is 8.31. The van der Waals surface area contributed by atoms with Gasteiger partial charge in [-0.1, -0.05) is 6.08 Å². The molecule has 3 N–H and O–H groups in total. The maximum absolute atomic E-state index is 8.31. The molecule has 0 amide bonds. The summed E-state index contributed by atoms with van der Waals surface area (Å²) in [4.78, 5) is 4.70. The summed E-state index contributed by atoms with van der Waals surface area (Å²) in [6.07, 6.45) is 1.68. The number of rotatable bonds is 5. The van der Waals surface area contributed by atoms with Gasteiger partial charge in [0, 0.05) is 6.54 Å². The van der Waals surface area contributed by atoms with E-state index in [1.165, 1.54) is 0 Å². The van der Waals surface area contributed by atoms with Crippen molar-refractivity contribution in [3.05, 3.63) is 12.7 Å². The molecule has 0 spiro atoms. The van der Waals surface area contributed by atoms with Gasteiger partial charge in [-0.15, -0.1) is 6.58 Å². The van der Waals surface area contributed by atoms with Crippen LogP contribution in [0.3, 0.4) is 0 Å². The molecule has 0 radical (unpaired) electrons. The predicted octanol–water partition coefficient (Wildman–Crippen LogP) is -0.440. The first-order chi connectivity index (χ1) is 5.31. The summed E-state index contributed by atoms with van der Waals surface area (Å²) in [5.41, 5.74) is 2.43. The quantitative estimate of drug-likeness (QED) is 0.229. The van der Waals surface area contributed by atoms with E-state index in [9.17, 15) is 0 Å². The highest BCUT2D eigenvalue weighted by molar-refractivity contribution is 7.80. The Morgan fingerprint density at radius 1 is 1.73 bits per heavy atom. The smallest absolute Gasteiger partial charge is 0.190 e. The van der Waals surface area contributed by atoms with Crippen molar-refractivity contribution in [1.82, 2.24) is 10.8 Å². The molecule has 0 heterocycles. The molecule has 0 fully saturated rings. The average Bonchev–Trinajstić information content (AvgIpc) is 2.01. The first-order valence-electron chi connectivity index (χ1n) is 3.18. The van der Waals surface area contributed by atoms with E-state index in [0.717, 1.165) is 0 Å². The van der Waals surface area contributed by atoms with Crippen LogP contribution in [0.2, 0.25) is 0 Å². The molecular weight excluding hydrogens is 164 g/mol. The summed E-state index contributed by atoms with van der Waals surface area (Å²) < 4.78 is 0. The molecule has 0 aromatic rings. The minimum atomic E-state index is -0.0307. The third-order valence-electron chi connectivity index (χ3n) is 0.765. The Morgan fingerprint density at radius 2 is 2.45 bits per heavy atom. The van der Waals surface area contributed by atoms with Crippen LogP contribution < -0.4 is 10.8 Å². The van der Waals surface area contributed by atoms with Gasteiger partial charge in [0.1, 0.15) is 0 Å². The van der Waals surface area contributed by atoms with Crippen LogP contribution in [0, 0.1) is 0 Å². The fourth-order valence-electron chi connectivity index (χ4n) is 0.363. The molecule has 0 aliphatic carbocycles. The Kier molecular flexibility index (Phi) is 7.02. The highest BCUT2D eigenvalue weighted by Gasteiger charge is 1.90. The third kappa shape index (κ3) is 7.24. The second kappa shape index (κ2) is 7.46. The highest BCUT2D eigenvalue weighted by atomic mass is 32.1. The van der Waals surface area contributed by atoms with Crippen molar-refractivity contribution in [1.29, 1.82) is 0 Å². The number of aliphatic hydroxyl groups excluding tert-OH is 1. The van der Waals surface area contributed by atoms with Crippen molar-refractivity contribution in [2.45, 2.75) is 0 Å². The van der Waals surface area contributed by atoms with Gasteiger partial charge in [-0.05, 0) is 12.2 Å². The van der Waals surface area contributed by atoms with Gasteiger partial charge in [0.25, 0.3) is 0 Å². The Bertz CT molecular complexity index is 130. The number of hydroxylamine groups is 1. The lowest BCUT2D eigenvalue weighted by atomic mass is 10.6. The standard InChI is InChI=1S/C6H12N2O2S/c1-2-3-7-6(11)8-10-5-4-9/h2,9H,1,3-5H2,(H2,7,8,11). The second-order valence-corrected chi connectivity index (χ2v) is 2.08. The van der Waals surface area contributed by atoms with Crippen LogP contribution in [-0.4, -0.2) is 30.0 Å². The molecular formula is C6H12N2O2S. The van der Waals surface area contributed by atoms with E-state index in [4.69, 9.17) is 22.2 Å². The molecule has 0 aromatic carbocycles. The van der Waals surface area contributed by atoms with E-state index in [1.807, 2.05) is 0 Å². The zero-order valence-electron chi connectivity index (χ0n) is 6.17. The Morgan fingerprint density at radius 3 is 3.00 bits per heavy atom. The number of nitrogens with one attached hydrogen (secondary N) is 2. The molecule has 0 aliphatic rings. The van der Waals surface area contributed by atoms with E-state index >= 15 is 0 Å². The third-order valence-corrected chi connectivity index (χ3v) is 0.993. The lowest BCUT2D eigenvalue weighted by molar-refractivity contribution is 0.0530. The van der Waals surface area contributed by atoms with E-state index < -0.39 is 0 Å². The monoisotopic (exact) mass is 176 g/mol. The molecule has 0 bridgehead atoms. The minimum absolute atomic E-state index is 0.0307. The van der Waals surface area contributed by atoms with Crippen molar-refractivity contribution < 1.29 is 9.94 Å². The molecule has 11 heavy (non-hydrogen) atoms. The zero-order chi connectivity index (χ0) is 8.53. The zero-order valence-corrected chi connectivity index (χ0v) is 6.99. The van der Waals surface area contributed by atoms with Gasteiger partial charge in [0.05, 0.1) is 13.2 Å². The Hall–Kier alpha value is -0.650. The largest absolute Gasteiger partial charge is 0.394 e. The lowest BCUT2D eigenvalue weighted by Crippen LogP contribution is -2.35. The van der Waals surface area contributed by atoms with Gasteiger partial charge < -0.3 is 10.4 Å². The van der Waals surface area contributed by atoms with Crippen LogP contribution >= 0.6 is 12.2 Å². The van der Waals surface area contributed by atoms with Crippen LogP contribution in [0.15, 0.2) is 12.7 Å². The summed E-state index contributed by atoms with van der Waals surface area (Å²) in [6, 6.07) is 0. The van der Waals surface area contributed by atoms with Crippen LogP contribution in [-0.2, 0) is 4.84 Å². The first kappa shape index (κ1) is 10.3.